The summed E-state index contributed by atoms with van der Waals surface area (Å²) < 4.78 is 11.6. The van der Waals surface area contributed by atoms with E-state index in [0.29, 0.717) is 27.2 Å². The fourth-order valence-electron chi connectivity index (χ4n) is 2.90. The van der Waals surface area contributed by atoms with Crippen molar-refractivity contribution in [2.45, 2.75) is 13.5 Å². The summed E-state index contributed by atoms with van der Waals surface area (Å²) >= 11 is 7.75. The number of halogens is 1. The number of methoxy groups -OCH3 is 1. The zero-order valence-electron chi connectivity index (χ0n) is 15.3. The molecule has 0 atom stereocenters. The van der Waals surface area contributed by atoms with Crippen molar-refractivity contribution in [1.29, 1.82) is 0 Å². The smallest absolute Gasteiger partial charge is 0.260 e. The van der Waals surface area contributed by atoms with E-state index in [1.54, 1.807) is 48.6 Å². The van der Waals surface area contributed by atoms with E-state index in [2.05, 4.69) is 0 Å². The van der Waals surface area contributed by atoms with Gasteiger partial charge >= 0.3 is 0 Å². The maximum absolute atomic E-state index is 13.3. The number of furan rings is 1. The van der Waals surface area contributed by atoms with Gasteiger partial charge in [-0.15, -0.1) is 0 Å². The van der Waals surface area contributed by atoms with Gasteiger partial charge in [0.1, 0.15) is 11.5 Å². The first-order chi connectivity index (χ1) is 13.6. The molecule has 4 aromatic rings. The van der Waals surface area contributed by atoms with Crippen LogP contribution in [-0.4, -0.2) is 18.0 Å². The molecule has 7 heteroatoms. The summed E-state index contributed by atoms with van der Waals surface area (Å²) in [5, 5.41) is 1.19. The molecule has 0 aliphatic carbocycles. The van der Waals surface area contributed by atoms with Crippen LogP contribution in [-0.2, 0) is 6.54 Å². The van der Waals surface area contributed by atoms with Crippen LogP contribution in [0.3, 0.4) is 0 Å². The van der Waals surface area contributed by atoms with Gasteiger partial charge < -0.3 is 9.15 Å². The maximum Gasteiger partial charge on any atom is 0.260 e. The largest absolute Gasteiger partial charge is 0.497 e. The van der Waals surface area contributed by atoms with Crippen molar-refractivity contribution in [1.82, 2.24) is 4.98 Å². The lowest BCUT2D eigenvalue weighted by Gasteiger charge is -2.19. The predicted octanol–water partition coefficient (Wildman–Crippen LogP) is 5.71. The third-order valence-corrected chi connectivity index (χ3v) is 5.91. The van der Waals surface area contributed by atoms with E-state index in [1.165, 1.54) is 11.3 Å². The molecule has 2 heterocycles. The Morgan fingerprint density at radius 1 is 1.25 bits per heavy atom. The number of benzene rings is 2. The zero-order chi connectivity index (χ0) is 19.7. The van der Waals surface area contributed by atoms with Crippen LogP contribution in [0.4, 0.5) is 5.13 Å². The fourth-order valence-corrected chi connectivity index (χ4v) is 4.22. The molecule has 142 valence electrons. The van der Waals surface area contributed by atoms with Crippen molar-refractivity contribution in [3.8, 4) is 5.75 Å². The van der Waals surface area contributed by atoms with Crippen molar-refractivity contribution >= 4 is 44.2 Å². The molecule has 2 aromatic heterocycles. The van der Waals surface area contributed by atoms with E-state index in [4.69, 9.17) is 25.7 Å². The van der Waals surface area contributed by atoms with E-state index in [1.807, 2.05) is 25.1 Å². The summed E-state index contributed by atoms with van der Waals surface area (Å²) in [4.78, 5) is 19.7. The second kappa shape index (κ2) is 7.66. The number of amides is 1. The van der Waals surface area contributed by atoms with Crippen LogP contribution < -0.4 is 9.64 Å². The molecule has 0 saturated heterocycles. The summed E-state index contributed by atoms with van der Waals surface area (Å²) in [5.41, 5.74) is 2.32. The standard InChI is InChI=1S/C21H17ClN2O3S/c1-13-8-9-17(22)19-18(13)23-21(28-19)24(12-16-7-4-10-27-16)20(25)14-5-3-6-15(11-14)26-2/h3-11H,12H2,1-2H3. The first-order valence-corrected chi connectivity index (χ1v) is 9.80. The molecule has 0 saturated carbocycles. The van der Waals surface area contributed by atoms with Crippen LogP contribution in [0.5, 0.6) is 5.75 Å². The number of thiazole rings is 1. The number of nitrogens with zero attached hydrogens (tertiary/aromatic N) is 2. The van der Waals surface area contributed by atoms with E-state index in [-0.39, 0.29) is 12.5 Å². The minimum atomic E-state index is -0.192. The summed E-state index contributed by atoms with van der Waals surface area (Å²) in [6, 6.07) is 14.5. The minimum Gasteiger partial charge on any atom is -0.497 e. The number of aryl methyl sites for hydroxylation is 1. The molecule has 2 aromatic carbocycles. The van der Waals surface area contributed by atoms with Crippen LogP contribution in [0, 0.1) is 6.92 Å². The number of aromatic nitrogens is 1. The molecule has 0 N–H and O–H groups in total. The lowest BCUT2D eigenvalue weighted by molar-refractivity contribution is 0.0983. The van der Waals surface area contributed by atoms with Gasteiger partial charge in [-0.1, -0.05) is 35.1 Å². The average Bonchev–Trinajstić information content (AvgIpc) is 3.39. The van der Waals surface area contributed by atoms with Gasteiger partial charge in [0, 0.05) is 5.56 Å². The van der Waals surface area contributed by atoms with Crippen LogP contribution in [0.2, 0.25) is 5.02 Å². The van der Waals surface area contributed by atoms with Crippen LogP contribution in [0.25, 0.3) is 10.2 Å². The summed E-state index contributed by atoms with van der Waals surface area (Å²) in [5.74, 6) is 1.09. The Kier molecular flexibility index (Phi) is 5.07. The monoisotopic (exact) mass is 412 g/mol. The van der Waals surface area contributed by atoms with Crippen molar-refractivity contribution < 1.29 is 13.9 Å². The Hall–Kier alpha value is -2.83. The van der Waals surface area contributed by atoms with Crippen molar-refractivity contribution in [2.75, 3.05) is 12.0 Å². The van der Waals surface area contributed by atoms with Gasteiger partial charge in [0.05, 0.1) is 35.2 Å². The Morgan fingerprint density at radius 2 is 2.11 bits per heavy atom. The molecule has 0 fully saturated rings. The molecule has 0 aliphatic heterocycles. The highest BCUT2D eigenvalue weighted by molar-refractivity contribution is 7.23. The van der Waals surface area contributed by atoms with Gasteiger partial charge in [-0.3, -0.25) is 9.69 Å². The van der Waals surface area contributed by atoms with Crippen molar-refractivity contribution in [3.05, 3.63) is 76.7 Å². The van der Waals surface area contributed by atoms with E-state index in [0.717, 1.165) is 15.8 Å². The third-order valence-electron chi connectivity index (χ3n) is 4.37. The predicted molar refractivity (Wildman–Crippen MR) is 112 cm³/mol. The number of hydrogen-bond acceptors (Lipinski definition) is 5. The Balaban J connectivity index is 1.80. The van der Waals surface area contributed by atoms with Gasteiger partial charge in [0.2, 0.25) is 0 Å². The molecule has 0 radical (unpaired) electrons. The minimum absolute atomic E-state index is 0.192. The van der Waals surface area contributed by atoms with Crippen molar-refractivity contribution in [3.63, 3.8) is 0 Å². The van der Waals surface area contributed by atoms with Crippen LogP contribution >= 0.6 is 22.9 Å². The number of ether oxygens (including phenoxy) is 1. The first-order valence-electron chi connectivity index (χ1n) is 8.61. The first kappa shape index (κ1) is 18.5. The number of anilines is 1. The Bertz CT molecular complexity index is 1100. The zero-order valence-corrected chi connectivity index (χ0v) is 16.9. The normalized spacial score (nSPS) is 11.0. The SMILES string of the molecule is COc1cccc(C(=O)N(Cc2ccco2)c2nc3c(C)ccc(Cl)c3s2)c1. The average molecular weight is 413 g/mol. The van der Waals surface area contributed by atoms with E-state index < -0.39 is 0 Å². The molecule has 1 amide bonds. The molecule has 0 spiro atoms. The molecule has 0 bridgehead atoms. The molecule has 0 aliphatic rings. The summed E-state index contributed by atoms with van der Waals surface area (Å²) in [7, 11) is 1.57. The Labute approximate surface area is 171 Å². The lowest BCUT2D eigenvalue weighted by atomic mass is 10.2. The van der Waals surface area contributed by atoms with Gasteiger partial charge in [-0.05, 0) is 48.9 Å². The number of carbonyl (C=O) groups is 1. The third kappa shape index (κ3) is 3.48. The molecule has 4 rings (SSSR count). The van der Waals surface area contributed by atoms with Gasteiger partial charge in [-0.25, -0.2) is 4.98 Å². The fraction of sp³-hybridized carbons (Fsp3) is 0.143. The molecule has 5 nitrogen and oxygen atoms in total. The number of hydrogen-bond donors (Lipinski definition) is 0. The number of rotatable bonds is 5. The van der Waals surface area contributed by atoms with E-state index >= 15 is 0 Å². The van der Waals surface area contributed by atoms with Crippen LogP contribution in [0.15, 0.2) is 59.2 Å². The number of carbonyl (C=O) groups excluding carboxylic acids is 1. The molecular weight excluding hydrogens is 396 g/mol. The summed E-state index contributed by atoms with van der Waals surface area (Å²) in [6.45, 7) is 2.24. The topological polar surface area (TPSA) is 55.6 Å². The summed E-state index contributed by atoms with van der Waals surface area (Å²) in [6.07, 6.45) is 1.59. The quantitative estimate of drug-likeness (QED) is 0.421. The van der Waals surface area contributed by atoms with Gasteiger partial charge in [-0.2, -0.15) is 0 Å². The maximum atomic E-state index is 13.3. The number of fused-ring (bicyclic) bond motifs is 1. The van der Waals surface area contributed by atoms with E-state index in [9.17, 15) is 4.79 Å². The molecular formula is C21H17ClN2O3S. The highest BCUT2D eigenvalue weighted by Gasteiger charge is 2.24. The van der Waals surface area contributed by atoms with Gasteiger partial charge in [0.15, 0.2) is 5.13 Å². The molecule has 0 unspecified atom stereocenters. The lowest BCUT2D eigenvalue weighted by Crippen LogP contribution is -2.30. The van der Waals surface area contributed by atoms with Crippen LogP contribution in [0.1, 0.15) is 21.7 Å². The second-order valence-corrected chi connectivity index (χ2v) is 7.63. The Morgan fingerprint density at radius 3 is 2.82 bits per heavy atom. The van der Waals surface area contributed by atoms with Crippen molar-refractivity contribution in [2.24, 2.45) is 0 Å². The molecule has 28 heavy (non-hydrogen) atoms. The second-order valence-electron chi connectivity index (χ2n) is 6.24. The highest BCUT2D eigenvalue weighted by atomic mass is 35.5. The highest BCUT2D eigenvalue weighted by Crippen LogP contribution is 2.36. The van der Waals surface area contributed by atoms with Gasteiger partial charge in [0.25, 0.3) is 5.91 Å².